The fourth-order valence-corrected chi connectivity index (χ4v) is 3.52. The zero-order chi connectivity index (χ0) is 7.40. The minimum atomic E-state index is 0.649. The largest absolute Gasteiger partial charge is 0.144 e. The van der Waals surface area contributed by atoms with E-state index < -0.39 is 0 Å². The monoisotopic (exact) mass is 222 g/mol. The third-order valence-electron chi connectivity index (χ3n) is 1.93. The molecule has 0 nitrogen and oxygen atoms in total. The summed E-state index contributed by atoms with van der Waals surface area (Å²) in [5, 5.41) is 0.947. The van der Waals surface area contributed by atoms with Crippen LogP contribution in [0.2, 0.25) is 0 Å². The molecule has 0 N–H and O–H groups in total. The SMILES string of the molecule is CC(Br)SC1CCCCC1. The highest BCUT2D eigenvalue weighted by atomic mass is 79.9. The predicted molar refractivity (Wildman–Crippen MR) is 52.9 cm³/mol. The smallest absolute Gasteiger partial charge is 0.0574 e. The van der Waals surface area contributed by atoms with Gasteiger partial charge in [0.2, 0.25) is 0 Å². The molecular formula is C8H15BrS. The van der Waals surface area contributed by atoms with Gasteiger partial charge in [0.25, 0.3) is 0 Å². The number of hydrogen-bond donors (Lipinski definition) is 0. The van der Waals surface area contributed by atoms with Crippen molar-refractivity contribution in [3.05, 3.63) is 0 Å². The van der Waals surface area contributed by atoms with Gasteiger partial charge in [-0.3, -0.25) is 0 Å². The van der Waals surface area contributed by atoms with Gasteiger partial charge in [0, 0.05) is 5.25 Å². The van der Waals surface area contributed by atoms with Gasteiger partial charge in [-0.05, 0) is 19.8 Å². The lowest BCUT2D eigenvalue weighted by molar-refractivity contribution is 0.516. The zero-order valence-corrected chi connectivity index (χ0v) is 8.88. The molecule has 1 rings (SSSR count). The minimum absolute atomic E-state index is 0.649. The van der Waals surface area contributed by atoms with E-state index in [2.05, 4.69) is 34.6 Å². The first-order valence-electron chi connectivity index (χ1n) is 4.08. The molecule has 0 radical (unpaired) electrons. The second kappa shape index (κ2) is 4.66. The molecule has 10 heavy (non-hydrogen) atoms. The summed E-state index contributed by atoms with van der Waals surface area (Å²) in [6.07, 6.45) is 7.27. The van der Waals surface area contributed by atoms with Crippen LogP contribution in [0.3, 0.4) is 0 Å². The number of rotatable bonds is 2. The first-order chi connectivity index (χ1) is 4.79. The molecule has 1 atom stereocenters. The fraction of sp³-hybridized carbons (Fsp3) is 1.00. The maximum Gasteiger partial charge on any atom is 0.0574 e. The van der Waals surface area contributed by atoms with Crippen LogP contribution in [0.1, 0.15) is 39.0 Å². The van der Waals surface area contributed by atoms with Crippen LogP contribution in [-0.2, 0) is 0 Å². The van der Waals surface area contributed by atoms with Crippen molar-refractivity contribution in [2.45, 2.75) is 48.4 Å². The van der Waals surface area contributed by atoms with E-state index in [1.165, 1.54) is 32.1 Å². The Morgan fingerprint density at radius 3 is 2.40 bits per heavy atom. The fourth-order valence-electron chi connectivity index (χ4n) is 1.47. The highest BCUT2D eigenvalue weighted by Gasteiger charge is 2.14. The average molecular weight is 223 g/mol. The van der Waals surface area contributed by atoms with Crippen LogP contribution in [0.5, 0.6) is 0 Å². The van der Waals surface area contributed by atoms with Gasteiger partial charge in [0.1, 0.15) is 0 Å². The van der Waals surface area contributed by atoms with Crippen molar-refractivity contribution >= 4 is 27.7 Å². The molecule has 1 fully saturated rings. The van der Waals surface area contributed by atoms with Crippen LogP contribution in [0.4, 0.5) is 0 Å². The van der Waals surface area contributed by atoms with E-state index in [1.54, 1.807) is 0 Å². The van der Waals surface area contributed by atoms with E-state index in [0.29, 0.717) is 4.16 Å². The van der Waals surface area contributed by atoms with Crippen molar-refractivity contribution < 1.29 is 0 Å². The first kappa shape index (κ1) is 8.92. The summed E-state index contributed by atoms with van der Waals surface area (Å²) < 4.78 is 0.649. The van der Waals surface area contributed by atoms with Crippen LogP contribution < -0.4 is 0 Å². The van der Waals surface area contributed by atoms with Crippen molar-refractivity contribution in [1.82, 2.24) is 0 Å². The molecule has 0 aromatic carbocycles. The van der Waals surface area contributed by atoms with Gasteiger partial charge in [0.15, 0.2) is 0 Å². The summed E-state index contributed by atoms with van der Waals surface area (Å²) in [5.41, 5.74) is 0. The second-order valence-electron chi connectivity index (χ2n) is 2.94. The van der Waals surface area contributed by atoms with Crippen molar-refractivity contribution in [1.29, 1.82) is 0 Å². The highest BCUT2D eigenvalue weighted by molar-refractivity contribution is 9.11. The average Bonchev–Trinajstić information content (AvgIpc) is 1.88. The predicted octanol–water partition coefficient (Wildman–Crippen LogP) is 3.79. The zero-order valence-electron chi connectivity index (χ0n) is 6.48. The molecule has 2 heteroatoms. The number of halogens is 1. The maximum absolute atomic E-state index is 3.57. The third-order valence-corrected chi connectivity index (χ3v) is 3.81. The Balaban J connectivity index is 2.13. The highest BCUT2D eigenvalue weighted by Crippen LogP contribution is 2.32. The van der Waals surface area contributed by atoms with Crippen LogP contribution in [0.15, 0.2) is 0 Å². The lowest BCUT2D eigenvalue weighted by atomic mass is 10.0. The molecule has 0 bridgehead atoms. The van der Waals surface area contributed by atoms with Crippen molar-refractivity contribution in [3.8, 4) is 0 Å². The van der Waals surface area contributed by atoms with Crippen molar-refractivity contribution in [2.24, 2.45) is 0 Å². The molecule has 0 aromatic rings. The van der Waals surface area contributed by atoms with Crippen LogP contribution >= 0.6 is 27.7 Å². The molecule has 0 amide bonds. The van der Waals surface area contributed by atoms with E-state index >= 15 is 0 Å². The Hall–Kier alpha value is 0.830. The molecule has 1 saturated carbocycles. The normalized spacial score (nSPS) is 24.6. The number of alkyl halides is 1. The van der Waals surface area contributed by atoms with Crippen molar-refractivity contribution in [2.75, 3.05) is 0 Å². The summed E-state index contributed by atoms with van der Waals surface area (Å²) in [6.45, 7) is 2.22. The van der Waals surface area contributed by atoms with Gasteiger partial charge in [-0.25, -0.2) is 0 Å². The Morgan fingerprint density at radius 1 is 1.30 bits per heavy atom. The molecular weight excluding hydrogens is 208 g/mol. The second-order valence-corrected chi connectivity index (χ2v) is 6.56. The summed E-state index contributed by atoms with van der Waals surface area (Å²) in [4.78, 5) is 0. The van der Waals surface area contributed by atoms with Gasteiger partial charge in [-0.1, -0.05) is 35.2 Å². The Labute approximate surface area is 76.3 Å². The molecule has 0 heterocycles. The standard InChI is InChI=1S/C8H15BrS/c1-7(9)10-8-5-3-2-4-6-8/h7-8H,2-6H2,1H3. The first-order valence-corrected chi connectivity index (χ1v) is 5.94. The third kappa shape index (κ3) is 3.29. The Kier molecular flexibility index (Phi) is 4.15. The van der Waals surface area contributed by atoms with Gasteiger partial charge in [-0.2, -0.15) is 0 Å². The maximum atomic E-state index is 3.57. The molecule has 0 aliphatic heterocycles. The molecule has 0 aromatic heterocycles. The molecule has 1 aliphatic carbocycles. The number of thioether (sulfide) groups is 1. The quantitative estimate of drug-likeness (QED) is 0.642. The lowest BCUT2D eigenvalue weighted by Crippen LogP contribution is -2.09. The summed E-state index contributed by atoms with van der Waals surface area (Å²) >= 11 is 5.66. The van der Waals surface area contributed by atoms with Gasteiger partial charge >= 0.3 is 0 Å². The molecule has 0 saturated heterocycles. The Bertz CT molecular complexity index is 87.3. The van der Waals surface area contributed by atoms with Crippen LogP contribution in [0, 0.1) is 0 Å². The van der Waals surface area contributed by atoms with Crippen molar-refractivity contribution in [3.63, 3.8) is 0 Å². The van der Waals surface area contributed by atoms with E-state index in [9.17, 15) is 0 Å². The van der Waals surface area contributed by atoms with Gasteiger partial charge < -0.3 is 0 Å². The molecule has 1 aliphatic rings. The summed E-state index contributed by atoms with van der Waals surface area (Å²) in [6, 6.07) is 0. The molecule has 1 unspecified atom stereocenters. The lowest BCUT2D eigenvalue weighted by Gasteiger charge is -2.21. The van der Waals surface area contributed by atoms with Gasteiger partial charge in [0.05, 0.1) is 4.16 Å². The Morgan fingerprint density at radius 2 is 1.90 bits per heavy atom. The van der Waals surface area contributed by atoms with E-state index in [0.717, 1.165) is 5.25 Å². The van der Waals surface area contributed by atoms with Crippen LogP contribution in [0.25, 0.3) is 0 Å². The molecule has 0 spiro atoms. The topological polar surface area (TPSA) is 0 Å². The van der Waals surface area contributed by atoms with Crippen LogP contribution in [-0.4, -0.2) is 9.41 Å². The summed E-state index contributed by atoms with van der Waals surface area (Å²) in [5.74, 6) is 0. The minimum Gasteiger partial charge on any atom is -0.144 e. The van der Waals surface area contributed by atoms with Gasteiger partial charge in [-0.15, -0.1) is 11.8 Å². The molecule has 60 valence electrons. The van der Waals surface area contributed by atoms with E-state index in [1.807, 2.05) is 0 Å². The summed E-state index contributed by atoms with van der Waals surface area (Å²) in [7, 11) is 0. The van der Waals surface area contributed by atoms with E-state index in [-0.39, 0.29) is 0 Å². The van der Waals surface area contributed by atoms with E-state index in [4.69, 9.17) is 0 Å². The number of hydrogen-bond acceptors (Lipinski definition) is 1.